The quantitative estimate of drug-likeness (QED) is 0.919. The summed E-state index contributed by atoms with van der Waals surface area (Å²) in [5.74, 6) is 1.17. The van der Waals surface area contributed by atoms with Crippen LogP contribution in [0.5, 0.6) is 11.5 Å². The van der Waals surface area contributed by atoms with Crippen molar-refractivity contribution in [1.29, 1.82) is 0 Å². The van der Waals surface area contributed by atoms with E-state index in [9.17, 15) is 8.42 Å². The molecule has 1 aromatic rings. The van der Waals surface area contributed by atoms with Crippen molar-refractivity contribution in [1.82, 2.24) is 5.32 Å². The lowest BCUT2D eigenvalue weighted by Crippen LogP contribution is -2.29. The topological polar surface area (TPSA) is 64.6 Å². The smallest absolute Gasteiger partial charge is 0.183 e. The molecule has 0 saturated heterocycles. The van der Waals surface area contributed by atoms with Crippen molar-refractivity contribution in [2.75, 3.05) is 20.3 Å². The molecule has 2 unspecified atom stereocenters. The van der Waals surface area contributed by atoms with Gasteiger partial charge in [0.2, 0.25) is 0 Å². The second-order valence-corrected chi connectivity index (χ2v) is 7.31. The van der Waals surface area contributed by atoms with Crippen LogP contribution in [0.15, 0.2) is 17.0 Å². The summed E-state index contributed by atoms with van der Waals surface area (Å²) in [5.41, 5.74) is 0.801. The summed E-state index contributed by atoms with van der Waals surface area (Å²) in [6.45, 7) is 2.96. The first kappa shape index (κ1) is 13.7. The first-order chi connectivity index (χ1) is 9.59. The summed E-state index contributed by atoms with van der Waals surface area (Å²) >= 11 is 0. The third kappa shape index (κ3) is 1.90. The number of hydrogen-bond acceptors (Lipinski definition) is 5. The summed E-state index contributed by atoms with van der Waals surface area (Å²) in [6.07, 6.45) is 1.48. The van der Waals surface area contributed by atoms with E-state index in [2.05, 4.69) is 5.32 Å². The Morgan fingerprint density at radius 3 is 2.50 bits per heavy atom. The van der Waals surface area contributed by atoms with Crippen LogP contribution in [0.3, 0.4) is 0 Å². The highest BCUT2D eigenvalue weighted by Crippen LogP contribution is 2.46. The number of ether oxygens (including phenoxy) is 2. The van der Waals surface area contributed by atoms with Crippen LogP contribution >= 0.6 is 0 Å². The molecule has 1 N–H and O–H groups in total. The van der Waals surface area contributed by atoms with E-state index in [1.165, 1.54) is 0 Å². The minimum Gasteiger partial charge on any atom is -0.486 e. The van der Waals surface area contributed by atoms with Crippen molar-refractivity contribution >= 4 is 9.84 Å². The standard InChI is InChI=1S/C14H19NO4S/c1-3-4-12-14(15-2)9-7-10-11(19-6-5-18-10)8-13(9)20(12,16)17/h7-8,12,14-15H,3-6H2,1-2H3. The lowest BCUT2D eigenvalue weighted by atomic mass is 10.0. The first-order valence-corrected chi connectivity index (χ1v) is 8.49. The van der Waals surface area contributed by atoms with E-state index in [4.69, 9.17) is 9.47 Å². The third-order valence-corrected chi connectivity index (χ3v) is 6.24. The normalized spacial score (nSPS) is 26.3. The Balaban J connectivity index is 2.15. The largest absolute Gasteiger partial charge is 0.486 e. The Labute approximate surface area is 119 Å². The molecule has 2 aliphatic heterocycles. The molecule has 0 amide bonds. The van der Waals surface area contributed by atoms with Gasteiger partial charge in [0, 0.05) is 6.07 Å². The van der Waals surface area contributed by atoms with Crippen molar-refractivity contribution in [2.24, 2.45) is 0 Å². The van der Waals surface area contributed by atoms with Gasteiger partial charge < -0.3 is 14.8 Å². The molecule has 0 radical (unpaired) electrons. The van der Waals surface area contributed by atoms with E-state index in [0.717, 1.165) is 12.0 Å². The van der Waals surface area contributed by atoms with Gasteiger partial charge in [0.05, 0.1) is 16.2 Å². The molecular formula is C14H19NO4S. The van der Waals surface area contributed by atoms with Gasteiger partial charge >= 0.3 is 0 Å². The van der Waals surface area contributed by atoms with E-state index in [1.54, 1.807) is 13.1 Å². The maximum atomic E-state index is 12.7. The zero-order chi connectivity index (χ0) is 14.3. The zero-order valence-electron chi connectivity index (χ0n) is 11.7. The predicted octanol–water partition coefficient (Wildman–Crippen LogP) is 1.67. The Hall–Kier alpha value is -1.27. The Bertz CT molecular complexity index is 626. The van der Waals surface area contributed by atoms with Crippen LogP contribution in [-0.2, 0) is 9.84 Å². The molecule has 2 atom stereocenters. The summed E-state index contributed by atoms with van der Waals surface area (Å²) in [6, 6.07) is 3.27. The molecule has 2 aliphatic rings. The molecule has 110 valence electrons. The highest BCUT2D eigenvalue weighted by atomic mass is 32.2. The van der Waals surface area contributed by atoms with Gasteiger partial charge in [0.25, 0.3) is 0 Å². The Morgan fingerprint density at radius 2 is 1.90 bits per heavy atom. The minimum atomic E-state index is -3.30. The second-order valence-electron chi connectivity index (χ2n) is 5.17. The van der Waals surface area contributed by atoms with Crippen LogP contribution in [0.2, 0.25) is 0 Å². The van der Waals surface area contributed by atoms with Gasteiger partial charge in [-0.2, -0.15) is 0 Å². The molecule has 5 nitrogen and oxygen atoms in total. The monoisotopic (exact) mass is 297 g/mol. The maximum Gasteiger partial charge on any atom is 0.183 e. The average Bonchev–Trinajstić information content (AvgIpc) is 2.65. The van der Waals surface area contributed by atoms with Crippen LogP contribution in [0, 0.1) is 0 Å². The number of benzene rings is 1. The average molecular weight is 297 g/mol. The molecule has 3 rings (SSSR count). The van der Waals surface area contributed by atoms with Crippen LogP contribution in [0.1, 0.15) is 31.4 Å². The van der Waals surface area contributed by atoms with E-state index in [0.29, 0.717) is 36.0 Å². The number of nitrogens with one attached hydrogen (secondary N) is 1. The van der Waals surface area contributed by atoms with Crippen molar-refractivity contribution in [3.63, 3.8) is 0 Å². The number of rotatable bonds is 3. The van der Waals surface area contributed by atoms with Gasteiger partial charge in [-0.1, -0.05) is 13.3 Å². The SMILES string of the molecule is CCCC1C(NC)c2cc3c(cc2S1(=O)=O)OCCO3. The highest BCUT2D eigenvalue weighted by molar-refractivity contribution is 7.92. The third-order valence-electron chi connectivity index (χ3n) is 3.97. The van der Waals surface area contributed by atoms with Gasteiger partial charge in [-0.3, -0.25) is 0 Å². The molecule has 20 heavy (non-hydrogen) atoms. The van der Waals surface area contributed by atoms with Crippen molar-refractivity contribution in [3.8, 4) is 11.5 Å². The Morgan fingerprint density at radius 1 is 1.25 bits per heavy atom. The fourth-order valence-electron chi connectivity index (χ4n) is 3.07. The molecule has 2 heterocycles. The van der Waals surface area contributed by atoms with Gasteiger partial charge in [-0.25, -0.2) is 8.42 Å². The second kappa shape index (κ2) is 4.93. The van der Waals surface area contributed by atoms with Crippen LogP contribution in [0.4, 0.5) is 0 Å². The first-order valence-electron chi connectivity index (χ1n) is 6.94. The lowest BCUT2D eigenvalue weighted by molar-refractivity contribution is 0.170. The van der Waals surface area contributed by atoms with Crippen LogP contribution < -0.4 is 14.8 Å². The molecule has 0 aromatic heterocycles. The highest BCUT2D eigenvalue weighted by Gasteiger charge is 2.44. The van der Waals surface area contributed by atoms with Crippen LogP contribution in [0.25, 0.3) is 0 Å². The number of sulfone groups is 1. The molecule has 6 heteroatoms. The van der Waals surface area contributed by atoms with E-state index >= 15 is 0 Å². The Kier molecular flexibility index (Phi) is 3.38. The fraction of sp³-hybridized carbons (Fsp3) is 0.571. The number of hydrogen-bond donors (Lipinski definition) is 1. The molecule has 0 saturated carbocycles. The van der Waals surface area contributed by atoms with Crippen molar-refractivity contribution in [3.05, 3.63) is 17.7 Å². The van der Waals surface area contributed by atoms with Gasteiger partial charge in [0.1, 0.15) is 13.2 Å². The molecule has 0 spiro atoms. The summed E-state index contributed by atoms with van der Waals surface area (Å²) in [4.78, 5) is 0.388. The lowest BCUT2D eigenvalue weighted by Gasteiger charge is -2.20. The van der Waals surface area contributed by atoms with Gasteiger partial charge in [-0.05, 0) is 25.1 Å². The molecule has 0 aliphatic carbocycles. The minimum absolute atomic E-state index is 0.175. The van der Waals surface area contributed by atoms with Crippen LogP contribution in [-0.4, -0.2) is 33.9 Å². The summed E-state index contributed by atoms with van der Waals surface area (Å²) in [5, 5.41) is 2.74. The van der Waals surface area contributed by atoms with E-state index in [1.807, 2.05) is 13.0 Å². The van der Waals surface area contributed by atoms with Gasteiger partial charge in [-0.15, -0.1) is 0 Å². The molecule has 0 fully saturated rings. The van der Waals surface area contributed by atoms with Crippen molar-refractivity contribution < 1.29 is 17.9 Å². The zero-order valence-corrected chi connectivity index (χ0v) is 12.5. The summed E-state index contributed by atoms with van der Waals surface area (Å²) in [7, 11) is -1.50. The van der Waals surface area contributed by atoms with E-state index in [-0.39, 0.29) is 6.04 Å². The maximum absolute atomic E-state index is 12.7. The molecule has 1 aromatic carbocycles. The summed E-state index contributed by atoms with van der Waals surface area (Å²) < 4.78 is 36.4. The fourth-order valence-corrected chi connectivity index (χ4v) is 5.36. The van der Waals surface area contributed by atoms with Crippen molar-refractivity contribution in [2.45, 2.75) is 36.0 Å². The molecular weight excluding hydrogens is 278 g/mol. The molecule has 0 bridgehead atoms. The predicted molar refractivity (Wildman–Crippen MR) is 75.1 cm³/mol. The van der Waals surface area contributed by atoms with E-state index < -0.39 is 15.1 Å². The number of fused-ring (bicyclic) bond motifs is 2. The van der Waals surface area contributed by atoms with Gasteiger partial charge in [0.15, 0.2) is 21.3 Å².